The Morgan fingerprint density at radius 2 is 2.24 bits per heavy atom. The molecule has 0 saturated carbocycles. The van der Waals surface area contributed by atoms with Crippen LogP contribution in [0.2, 0.25) is 5.02 Å². The van der Waals surface area contributed by atoms with Gasteiger partial charge in [-0.25, -0.2) is 9.67 Å². The van der Waals surface area contributed by atoms with Gasteiger partial charge in [-0.1, -0.05) is 11.6 Å². The Labute approximate surface area is 104 Å². The highest BCUT2D eigenvalue weighted by atomic mass is 35.5. The van der Waals surface area contributed by atoms with E-state index in [1.54, 1.807) is 29.9 Å². The fourth-order valence-electron chi connectivity index (χ4n) is 1.42. The van der Waals surface area contributed by atoms with Crippen LogP contribution in [0.15, 0.2) is 18.2 Å². The molecular formula is C11H12ClN3O2. The van der Waals surface area contributed by atoms with E-state index in [9.17, 15) is 0 Å². The molecule has 0 fully saturated rings. The minimum atomic E-state index is -0.222. The summed E-state index contributed by atoms with van der Waals surface area (Å²) in [6, 6.07) is 5.08. The molecule has 2 rings (SSSR count). The monoisotopic (exact) mass is 253 g/mol. The number of aryl methyl sites for hydroxylation is 2. The van der Waals surface area contributed by atoms with Gasteiger partial charge in [-0.05, 0) is 13.0 Å². The van der Waals surface area contributed by atoms with Crippen LogP contribution in [0.4, 0.5) is 0 Å². The van der Waals surface area contributed by atoms with E-state index < -0.39 is 0 Å². The molecule has 0 radical (unpaired) electrons. The number of hydrogen-bond acceptors (Lipinski definition) is 4. The summed E-state index contributed by atoms with van der Waals surface area (Å²) in [5.74, 6) is 0.961. The molecule has 2 aromatic heterocycles. The van der Waals surface area contributed by atoms with E-state index >= 15 is 0 Å². The van der Waals surface area contributed by atoms with Crippen molar-refractivity contribution in [2.45, 2.75) is 13.5 Å². The minimum absolute atomic E-state index is 0.222. The average Bonchev–Trinajstić information content (AvgIpc) is 2.60. The lowest BCUT2D eigenvalue weighted by atomic mass is 10.3. The maximum Gasteiger partial charge on any atom is 0.221 e. The molecule has 0 aromatic carbocycles. The van der Waals surface area contributed by atoms with E-state index in [0.717, 1.165) is 5.69 Å². The lowest BCUT2D eigenvalue weighted by Crippen LogP contribution is -1.98. The molecule has 0 amide bonds. The topological polar surface area (TPSA) is 60.2 Å². The number of aliphatic hydroxyl groups is 1. The standard InChI is InChI=1S/C11H12ClN3O2/c1-7-5-11(15(2)14-7)17-10-4-3-8(12)9(6-16)13-10/h3-5,16H,6H2,1-2H3. The van der Waals surface area contributed by atoms with Crippen LogP contribution in [0, 0.1) is 6.92 Å². The average molecular weight is 254 g/mol. The minimum Gasteiger partial charge on any atom is -0.421 e. The third-order valence-corrected chi connectivity index (χ3v) is 2.56. The molecule has 6 heteroatoms. The highest BCUT2D eigenvalue weighted by Gasteiger charge is 2.08. The van der Waals surface area contributed by atoms with Gasteiger partial charge in [0.1, 0.15) is 0 Å². The van der Waals surface area contributed by atoms with Crippen molar-refractivity contribution in [2.24, 2.45) is 7.05 Å². The van der Waals surface area contributed by atoms with Crippen molar-refractivity contribution in [3.8, 4) is 11.8 Å². The summed E-state index contributed by atoms with van der Waals surface area (Å²) in [5, 5.41) is 13.6. The molecule has 0 spiro atoms. The molecule has 0 atom stereocenters. The summed E-state index contributed by atoms with van der Waals surface area (Å²) in [4.78, 5) is 4.09. The van der Waals surface area contributed by atoms with Crippen LogP contribution in [0.5, 0.6) is 11.8 Å². The Hall–Kier alpha value is -1.59. The molecule has 0 unspecified atom stereocenters. The Kier molecular flexibility index (Phi) is 3.31. The molecule has 2 aromatic rings. The zero-order valence-corrected chi connectivity index (χ0v) is 10.3. The molecule has 5 nitrogen and oxygen atoms in total. The van der Waals surface area contributed by atoms with E-state index in [0.29, 0.717) is 22.5 Å². The zero-order chi connectivity index (χ0) is 12.4. The van der Waals surface area contributed by atoms with Crippen molar-refractivity contribution >= 4 is 11.6 Å². The van der Waals surface area contributed by atoms with Gasteiger partial charge in [0, 0.05) is 19.2 Å². The molecule has 17 heavy (non-hydrogen) atoms. The van der Waals surface area contributed by atoms with Crippen LogP contribution in [0.1, 0.15) is 11.4 Å². The van der Waals surface area contributed by atoms with Crippen LogP contribution in [-0.4, -0.2) is 19.9 Å². The molecule has 0 aliphatic carbocycles. The highest BCUT2D eigenvalue weighted by Crippen LogP contribution is 2.23. The van der Waals surface area contributed by atoms with Crippen LogP contribution in [0.3, 0.4) is 0 Å². The van der Waals surface area contributed by atoms with Crippen LogP contribution in [0.25, 0.3) is 0 Å². The number of aromatic nitrogens is 3. The van der Waals surface area contributed by atoms with Gasteiger partial charge >= 0.3 is 0 Å². The van der Waals surface area contributed by atoms with E-state index in [2.05, 4.69) is 10.1 Å². The Bertz CT molecular complexity index is 540. The smallest absolute Gasteiger partial charge is 0.221 e. The summed E-state index contributed by atoms with van der Waals surface area (Å²) in [7, 11) is 1.78. The third-order valence-electron chi connectivity index (χ3n) is 2.21. The first-order valence-corrected chi connectivity index (χ1v) is 5.42. The molecule has 90 valence electrons. The lowest BCUT2D eigenvalue weighted by molar-refractivity contribution is 0.275. The number of rotatable bonds is 3. The van der Waals surface area contributed by atoms with Crippen molar-refractivity contribution in [3.63, 3.8) is 0 Å². The van der Waals surface area contributed by atoms with Crippen molar-refractivity contribution in [1.82, 2.24) is 14.8 Å². The third kappa shape index (κ3) is 2.57. The van der Waals surface area contributed by atoms with Gasteiger partial charge in [-0.2, -0.15) is 5.10 Å². The number of nitrogens with zero attached hydrogens (tertiary/aromatic N) is 3. The van der Waals surface area contributed by atoms with Crippen molar-refractivity contribution in [1.29, 1.82) is 0 Å². The number of hydrogen-bond donors (Lipinski definition) is 1. The number of aliphatic hydroxyl groups excluding tert-OH is 1. The predicted molar refractivity (Wildman–Crippen MR) is 63.2 cm³/mol. The van der Waals surface area contributed by atoms with E-state index in [4.69, 9.17) is 21.4 Å². The molecule has 1 N–H and O–H groups in total. The second-order valence-electron chi connectivity index (χ2n) is 3.59. The summed E-state index contributed by atoms with van der Waals surface area (Å²) in [6.45, 7) is 1.65. The van der Waals surface area contributed by atoms with Gasteiger partial charge in [0.2, 0.25) is 11.8 Å². The van der Waals surface area contributed by atoms with Crippen molar-refractivity contribution in [2.75, 3.05) is 0 Å². The molecule has 0 aliphatic heterocycles. The highest BCUT2D eigenvalue weighted by molar-refractivity contribution is 6.31. The lowest BCUT2D eigenvalue weighted by Gasteiger charge is -2.06. The van der Waals surface area contributed by atoms with Gasteiger partial charge in [-0.3, -0.25) is 0 Å². The molecule has 2 heterocycles. The maximum absolute atomic E-state index is 9.05. The quantitative estimate of drug-likeness (QED) is 0.910. The first kappa shape index (κ1) is 11.9. The number of halogens is 1. The van der Waals surface area contributed by atoms with Crippen molar-refractivity contribution in [3.05, 3.63) is 34.6 Å². The van der Waals surface area contributed by atoms with Crippen molar-refractivity contribution < 1.29 is 9.84 Å². The van der Waals surface area contributed by atoms with Gasteiger partial charge in [0.25, 0.3) is 0 Å². The SMILES string of the molecule is Cc1cc(Oc2ccc(Cl)c(CO)n2)n(C)n1. The van der Waals surface area contributed by atoms with Crippen LogP contribution in [-0.2, 0) is 13.7 Å². The predicted octanol–water partition coefficient (Wildman–Crippen LogP) is 2.06. The summed E-state index contributed by atoms with van der Waals surface area (Å²) < 4.78 is 7.16. The van der Waals surface area contributed by atoms with Crippen LogP contribution >= 0.6 is 11.6 Å². The second kappa shape index (κ2) is 4.73. The largest absolute Gasteiger partial charge is 0.421 e. The molecule has 0 saturated heterocycles. The summed E-state index contributed by atoms with van der Waals surface area (Å²) in [5.41, 5.74) is 1.25. The zero-order valence-electron chi connectivity index (χ0n) is 9.51. The fraction of sp³-hybridized carbons (Fsp3) is 0.273. The van der Waals surface area contributed by atoms with Gasteiger partial charge in [0.05, 0.1) is 23.0 Å². The Morgan fingerprint density at radius 3 is 2.82 bits per heavy atom. The number of pyridine rings is 1. The molecule has 0 bridgehead atoms. The summed E-state index contributed by atoms with van der Waals surface area (Å²) in [6.07, 6.45) is 0. The molecule has 0 aliphatic rings. The first-order chi connectivity index (χ1) is 8.10. The Balaban J connectivity index is 2.27. The maximum atomic E-state index is 9.05. The molecular weight excluding hydrogens is 242 g/mol. The Morgan fingerprint density at radius 1 is 1.47 bits per heavy atom. The second-order valence-corrected chi connectivity index (χ2v) is 3.99. The van der Waals surface area contributed by atoms with Gasteiger partial charge < -0.3 is 9.84 Å². The summed E-state index contributed by atoms with van der Waals surface area (Å²) >= 11 is 5.84. The fourth-order valence-corrected chi connectivity index (χ4v) is 1.59. The van der Waals surface area contributed by atoms with E-state index in [-0.39, 0.29) is 6.61 Å². The van der Waals surface area contributed by atoms with Gasteiger partial charge in [-0.15, -0.1) is 0 Å². The normalized spacial score (nSPS) is 10.6. The first-order valence-electron chi connectivity index (χ1n) is 5.05. The van der Waals surface area contributed by atoms with E-state index in [1.165, 1.54) is 0 Å². The number of ether oxygens (including phenoxy) is 1. The van der Waals surface area contributed by atoms with E-state index in [1.807, 2.05) is 6.92 Å². The van der Waals surface area contributed by atoms with Crippen LogP contribution < -0.4 is 4.74 Å². The van der Waals surface area contributed by atoms with Gasteiger partial charge in [0.15, 0.2) is 0 Å².